The number of hydrogen-bond donors (Lipinski definition) is 0. The fourth-order valence-corrected chi connectivity index (χ4v) is 8.13. The van der Waals surface area contributed by atoms with Gasteiger partial charge >= 0.3 is 17.9 Å². The maximum absolute atomic E-state index is 12.8. The molecule has 0 saturated carbocycles. The molecule has 0 aromatic carbocycles. The van der Waals surface area contributed by atoms with E-state index in [0.29, 0.717) is 19.3 Å². The van der Waals surface area contributed by atoms with Gasteiger partial charge in [0.1, 0.15) is 13.2 Å². The quantitative estimate of drug-likeness (QED) is 0.0345. The van der Waals surface area contributed by atoms with E-state index < -0.39 is 6.10 Å². The van der Waals surface area contributed by atoms with Crippen LogP contribution in [0.3, 0.4) is 0 Å². The molecule has 6 nitrogen and oxygen atoms in total. The maximum Gasteiger partial charge on any atom is 0.306 e. The van der Waals surface area contributed by atoms with Gasteiger partial charge in [0.2, 0.25) is 0 Å². The van der Waals surface area contributed by atoms with E-state index in [9.17, 15) is 14.4 Å². The average Bonchev–Trinajstić information content (AvgIpc) is 3.23. The highest BCUT2D eigenvalue weighted by molar-refractivity contribution is 5.71. The molecule has 0 heterocycles. The number of rotatable bonds is 48. The summed E-state index contributed by atoms with van der Waals surface area (Å²) in [6.45, 7) is 11.4. The zero-order valence-corrected chi connectivity index (χ0v) is 41.1. The van der Waals surface area contributed by atoms with Crippen LogP contribution >= 0.6 is 0 Å². The molecule has 0 amide bonds. The van der Waals surface area contributed by atoms with Gasteiger partial charge in [-0.05, 0) is 31.1 Å². The fourth-order valence-electron chi connectivity index (χ4n) is 8.13. The first kappa shape index (κ1) is 58.4. The predicted octanol–water partition coefficient (Wildman–Crippen LogP) is 17.3. The molecule has 0 rings (SSSR count). The Balaban J connectivity index is 4.33. The van der Waals surface area contributed by atoms with Crippen LogP contribution in [0.5, 0.6) is 0 Å². The van der Waals surface area contributed by atoms with Crippen molar-refractivity contribution in [3.63, 3.8) is 0 Å². The number of carbonyl (C=O) groups is 3. The first-order valence-corrected chi connectivity index (χ1v) is 26.8. The van der Waals surface area contributed by atoms with E-state index in [1.165, 1.54) is 186 Å². The van der Waals surface area contributed by atoms with Gasteiger partial charge in [-0.15, -0.1) is 0 Å². The Morgan fingerprint density at radius 2 is 0.633 bits per heavy atom. The molecule has 0 aromatic heterocycles. The lowest BCUT2D eigenvalue weighted by Crippen LogP contribution is -2.30. The molecule has 0 fully saturated rings. The van der Waals surface area contributed by atoms with E-state index in [2.05, 4.69) is 34.6 Å². The van der Waals surface area contributed by atoms with E-state index in [4.69, 9.17) is 14.2 Å². The zero-order chi connectivity index (χ0) is 44.0. The van der Waals surface area contributed by atoms with Crippen LogP contribution in [0, 0.1) is 11.8 Å². The molecule has 6 heteroatoms. The van der Waals surface area contributed by atoms with Crippen LogP contribution in [-0.2, 0) is 28.6 Å². The minimum Gasteiger partial charge on any atom is -0.462 e. The van der Waals surface area contributed by atoms with Crippen LogP contribution in [0.25, 0.3) is 0 Å². The fraction of sp³-hybridized carbons (Fsp3) is 0.944. The van der Waals surface area contributed by atoms with Gasteiger partial charge in [-0.25, -0.2) is 0 Å². The van der Waals surface area contributed by atoms with Crippen molar-refractivity contribution in [2.75, 3.05) is 13.2 Å². The molecule has 356 valence electrons. The molecular formula is C54H104O6. The third kappa shape index (κ3) is 45.9. The minimum absolute atomic E-state index is 0.0635. The largest absolute Gasteiger partial charge is 0.462 e. The number of unbranched alkanes of at least 4 members (excludes halogenated alkanes) is 32. The van der Waals surface area contributed by atoms with Crippen LogP contribution < -0.4 is 0 Å². The van der Waals surface area contributed by atoms with Gasteiger partial charge in [0, 0.05) is 19.3 Å². The third-order valence-electron chi connectivity index (χ3n) is 12.6. The van der Waals surface area contributed by atoms with Crippen molar-refractivity contribution in [3.8, 4) is 0 Å². The van der Waals surface area contributed by atoms with E-state index in [1.807, 2.05) is 0 Å². The third-order valence-corrected chi connectivity index (χ3v) is 12.6. The van der Waals surface area contributed by atoms with Crippen molar-refractivity contribution in [1.29, 1.82) is 0 Å². The smallest absolute Gasteiger partial charge is 0.306 e. The highest BCUT2D eigenvalue weighted by Crippen LogP contribution is 2.18. The highest BCUT2D eigenvalue weighted by Gasteiger charge is 2.19. The molecule has 2 atom stereocenters. The lowest BCUT2D eigenvalue weighted by atomic mass is 9.99. The summed E-state index contributed by atoms with van der Waals surface area (Å²) in [6.07, 6.45) is 47.9. The molecule has 0 aliphatic carbocycles. The molecule has 0 aromatic rings. The van der Waals surface area contributed by atoms with E-state index in [-0.39, 0.29) is 31.1 Å². The van der Waals surface area contributed by atoms with Crippen LogP contribution in [0.4, 0.5) is 0 Å². The number of hydrogen-bond acceptors (Lipinski definition) is 6. The molecule has 0 aliphatic heterocycles. The Labute approximate surface area is 374 Å². The molecule has 0 saturated heterocycles. The van der Waals surface area contributed by atoms with Crippen molar-refractivity contribution in [3.05, 3.63) is 0 Å². The first-order chi connectivity index (χ1) is 29.3. The Kier molecular flexibility index (Phi) is 45.7. The Bertz CT molecular complexity index is 918. The van der Waals surface area contributed by atoms with Crippen molar-refractivity contribution < 1.29 is 28.6 Å². The lowest BCUT2D eigenvalue weighted by molar-refractivity contribution is -0.167. The summed E-state index contributed by atoms with van der Waals surface area (Å²) in [6, 6.07) is 0. The second kappa shape index (κ2) is 46.9. The molecule has 60 heavy (non-hydrogen) atoms. The van der Waals surface area contributed by atoms with Crippen molar-refractivity contribution in [2.24, 2.45) is 11.8 Å². The molecule has 0 radical (unpaired) electrons. The second-order valence-corrected chi connectivity index (χ2v) is 19.2. The van der Waals surface area contributed by atoms with Gasteiger partial charge in [-0.3, -0.25) is 14.4 Å². The molecule has 0 N–H and O–H groups in total. The van der Waals surface area contributed by atoms with Gasteiger partial charge < -0.3 is 14.2 Å². The molecule has 0 spiro atoms. The van der Waals surface area contributed by atoms with E-state index >= 15 is 0 Å². The van der Waals surface area contributed by atoms with Crippen LogP contribution in [0.15, 0.2) is 0 Å². The van der Waals surface area contributed by atoms with Gasteiger partial charge in [-0.2, -0.15) is 0 Å². The van der Waals surface area contributed by atoms with Crippen LogP contribution in [-0.4, -0.2) is 37.2 Å². The van der Waals surface area contributed by atoms with Crippen LogP contribution in [0.2, 0.25) is 0 Å². The summed E-state index contributed by atoms with van der Waals surface area (Å²) in [7, 11) is 0. The first-order valence-electron chi connectivity index (χ1n) is 26.8. The standard InChI is InChI=1S/C54H104O6/c1-6-8-9-10-11-12-13-14-15-18-24-29-34-39-44-52(55)58-47-51(60-54(57)46-41-36-31-26-21-20-23-28-33-38-43-50(5)7-2)48-59-53(56)45-40-35-30-25-19-16-17-22-27-32-37-42-49(3)4/h49-51H,6-48H2,1-5H3/t50?,51-/m1/s1. The van der Waals surface area contributed by atoms with Crippen LogP contribution in [0.1, 0.15) is 298 Å². The normalized spacial score (nSPS) is 12.5. The van der Waals surface area contributed by atoms with Gasteiger partial charge in [-0.1, -0.05) is 259 Å². The highest BCUT2D eigenvalue weighted by atomic mass is 16.6. The Morgan fingerprint density at radius 1 is 0.350 bits per heavy atom. The zero-order valence-electron chi connectivity index (χ0n) is 41.1. The summed E-state index contributed by atoms with van der Waals surface area (Å²) in [5.74, 6) is 0.848. The van der Waals surface area contributed by atoms with Gasteiger partial charge in [0.15, 0.2) is 6.10 Å². The molecule has 0 bridgehead atoms. The average molecular weight is 849 g/mol. The topological polar surface area (TPSA) is 78.9 Å². The molecule has 0 aliphatic rings. The SMILES string of the molecule is CCCCCCCCCCCCCCCCC(=O)OC[C@H](COC(=O)CCCCCCCCCCCCCC(C)C)OC(=O)CCCCCCCCCCCCC(C)CC. The summed E-state index contributed by atoms with van der Waals surface area (Å²) in [5, 5.41) is 0. The summed E-state index contributed by atoms with van der Waals surface area (Å²) >= 11 is 0. The minimum atomic E-state index is -0.762. The summed E-state index contributed by atoms with van der Waals surface area (Å²) in [4.78, 5) is 38.0. The number of carbonyl (C=O) groups excluding carboxylic acids is 3. The monoisotopic (exact) mass is 849 g/mol. The van der Waals surface area contributed by atoms with E-state index in [1.54, 1.807) is 0 Å². The second-order valence-electron chi connectivity index (χ2n) is 19.2. The molecular weight excluding hydrogens is 745 g/mol. The van der Waals surface area contributed by atoms with Crippen molar-refractivity contribution >= 4 is 17.9 Å². The number of ether oxygens (including phenoxy) is 3. The Morgan fingerprint density at radius 3 is 0.950 bits per heavy atom. The van der Waals surface area contributed by atoms with Gasteiger partial charge in [0.25, 0.3) is 0 Å². The predicted molar refractivity (Wildman–Crippen MR) is 256 cm³/mol. The van der Waals surface area contributed by atoms with E-state index in [0.717, 1.165) is 69.6 Å². The van der Waals surface area contributed by atoms with Gasteiger partial charge in [0.05, 0.1) is 0 Å². The van der Waals surface area contributed by atoms with Crippen molar-refractivity contribution in [1.82, 2.24) is 0 Å². The lowest BCUT2D eigenvalue weighted by Gasteiger charge is -2.18. The van der Waals surface area contributed by atoms with Crippen molar-refractivity contribution in [2.45, 2.75) is 304 Å². The summed E-state index contributed by atoms with van der Waals surface area (Å²) in [5.41, 5.74) is 0. The number of esters is 3. The Hall–Kier alpha value is -1.59. The molecule has 1 unspecified atom stereocenters. The summed E-state index contributed by atoms with van der Waals surface area (Å²) < 4.78 is 16.8. The maximum atomic E-state index is 12.8.